The number of aryl methyl sites for hydroxylation is 2. The van der Waals surface area contributed by atoms with Gasteiger partial charge in [0.2, 0.25) is 0 Å². The Balaban J connectivity index is 1.25. The van der Waals surface area contributed by atoms with E-state index >= 15 is 0 Å². The summed E-state index contributed by atoms with van der Waals surface area (Å²) >= 11 is 0. The van der Waals surface area contributed by atoms with Crippen molar-refractivity contribution in [2.24, 2.45) is 0 Å². The molecule has 0 aliphatic rings. The van der Waals surface area contributed by atoms with Crippen molar-refractivity contribution in [2.45, 2.75) is 26.5 Å². The zero-order chi connectivity index (χ0) is 23.2. The Bertz CT molecular complexity index is 1230. The van der Waals surface area contributed by atoms with Crippen molar-refractivity contribution >= 4 is 22.6 Å². The van der Waals surface area contributed by atoms with Gasteiger partial charge in [0.1, 0.15) is 30.0 Å². The average Bonchev–Trinajstić information content (AvgIpc) is 3.13. The van der Waals surface area contributed by atoms with E-state index in [1.54, 1.807) is 24.3 Å². The second kappa shape index (κ2) is 10.2. The molecule has 7 nitrogen and oxygen atoms in total. The Hall–Kier alpha value is -3.84. The molecule has 1 heterocycles. The van der Waals surface area contributed by atoms with Gasteiger partial charge in [-0.1, -0.05) is 30.3 Å². The van der Waals surface area contributed by atoms with Crippen LogP contribution in [0.25, 0.3) is 11.0 Å². The number of para-hydroxylation sites is 3. The van der Waals surface area contributed by atoms with Crippen molar-refractivity contribution in [3.05, 3.63) is 84.2 Å². The van der Waals surface area contributed by atoms with E-state index in [1.165, 1.54) is 0 Å². The van der Waals surface area contributed by atoms with Crippen LogP contribution in [0.2, 0.25) is 0 Å². The molecular weight excluding hydrogens is 418 g/mol. The number of imidazole rings is 1. The fourth-order valence-electron chi connectivity index (χ4n) is 3.58. The van der Waals surface area contributed by atoms with Crippen LogP contribution in [0.15, 0.2) is 72.8 Å². The predicted octanol–water partition coefficient (Wildman–Crippen LogP) is 4.11. The van der Waals surface area contributed by atoms with Gasteiger partial charge in [-0.05, 0) is 61.9 Å². The third-order valence-electron chi connectivity index (χ3n) is 5.27. The summed E-state index contributed by atoms with van der Waals surface area (Å²) in [6.07, 6.45) is -0.695. The van der Waals surface area contributed by atoms with Crippen LogP contribution in [0.4, 0.5) is 5.69 Å². The smallest absolute Gasteiger partial charge is 0.262 e. The Morgan fingerprint density at radius 1 is 1.00 bits per heavy atom. The van der Waals surface area contributed by atoms with Crippen molar-refractivity contribution in [1.29, 1.82) is 0 Å². The van der Waals surface area contributed by atoms with Crippen LogP contribution in [-0.4, -0.2) is 39.9 Å². The molecule has 0 spiro atoms. The first kappa shape index (κ1) is 22.4. The van der Waals surface area contributed by atoms with Gasteiger partial charge in [-0.3, -0.25) is 4.79 Å². The number of carbonyl (C=O) groups is 1. The lowest BCUT2D eigenvalue weighted by Gasteiger charge is -2.15. The summed E-state index contributed by atoms with van der Waals surface area (Å²) < 4.78 is 13.3. The molecule has 0 aliphatic heterocycles. The number of carbonyl (C=O) groups excluding carboxylic acids is 1. The maximum absolute atomic E-state index is 12.2. The van der Waals surface area contributed by atoms with E-state index in [4.69, 9.17) is 9.47 Å². The Kier molecular flexibility index (Phi) is 6.90. The average molecular weight is 446 g/mol. The van der Waals surface area contributed by atoms with E-state index in [-0.39, 0.29) is 19.1 Å². The first-order valence-corrected chi connectivity index (χ1v) is 10.8. The first-order chi connectivity index (χ1) is 16.0. The second-order valence-corrected chi connectivity index (χ2v) is 7.85. The molecule has 1 aromatic heterocycles. The number of nitrogens with zero attached hydrogens (tertiary/aromatic N) is 2. The number of hydrogen-bond donors (Lipinski definition) is 2. The summed E-state index contributed by atoms with van der Waals surface area (Å²) in [4.78, 5) is 16.7. The number of aromatic nitrogens is 2. The zero-order valence-electron chi connectivity index (χ0n) is 18.7. The van der Waals surface area contributed by atoms with Crippen molar-refractivity contribution in [3.63, 3.8) is 0 Å². The largest absolute Gasteiger partial charge is 0.491 e. The van der Waals surface area contributed by atoms with Crippen LogP contribution in [-0.2, 0) is 11.3 Å². The lowest BCUT2D eigenvalue weighted by Crippen LogP contribution is -2.24. The number of aliphatic hydroxyl groups is 1. The van der Waals surface area contributed by atoms with Crippen molar-refractivity contribution < 1.29 is 19.4 Å². The Morgan fingerprint density at radius 3 is 2.52 bits per heavy atom. The highest BCUT2D eigenvalue weighted by molar-refractivity contribution is 5.91. The number of nitrogens with one attached hydrogen (secondary N) is 1. The molecule has 0 saturated carbocycles. The van der Waals surface area contributed by atoms with Gasteiger partial charge < -0.3 is 24.5 Å². The van der Waals surface area contributed by atoms with Gasteiger partial charge in [0.25, 0.3) is 5.91 Å². The van der Waals surface area contributed by atoms with Crippen molar-refractivity contribution in [2.75, 3.05) is 18.5 Å². The maximum atomic E-state index is 12.2. The fraction of sp³-hybridized carbons (Fsp3) is 0.231. The third-order valence-corrected chi connectivity index (χ3v) is 5.27. The highest BCUT2D eigenvalue weighted by atomic mass is 16.5. The van der Waals surface area contributed by atoms with Crippen molar-refractivity contribution in [1.82, 2.24) is 9.55 Å². The molecule has 1 amide bonds. The number of ether oxygens (including phenoxy) is 2. The molecule has 33 heavy (non-hydrogen) atoms. The van der Waals surface area contributed by atoms with Crippen LogP contribution in [0.3, 0.4) is 0 Å². The van der Waals surface area contributed by atoms with Gasteiger partial charge in [-0.2, -0.15) is 0 Å². The summed E-state index contributed by atoms with van der Waals surface area (Å²) in [6.45, 7) is 4.31. The van der Waals surface area contributed by atoms with Crippen LogP contribution in [0, 0.1) is 13.8 Å². The monoisotopic (exact) mass is 445 g/mol. The minimum absolute atomic E-state index is 0.0718. The summed E-state index contributed by atoms with van der Waals surface area (Å²) in [5.41, 5.74) is 3.51. The number of amides is 1. The first-order valence-electron chi connectivity index (χ1n) is 10.8. The molecule has 1 atom stereocenters. The minimum atomic E-state index is -0.695. The van der Waals surface area contributed by atoms with Crippen LogP contribution < -0.4 is 14.8 Å². The molecule has 0 saturated heterocycles. The van der Waals surface area contributed by atoms with E-state index in [2.05, 4.69) is 10.3 Å². The highest BCUT2D eigenvalue weighted by Crippen LogP contribution is 2.19. The van der Waals surface area contributed by atoms with Crippen LogP contribution in [0.1, 0.15) is 11.4 Å². The third kappa shape index (κ3) is 5.70. The minimum Gasteiger partial charge on any atom is -0.491 e. The molecule has 0 radical (unpaired) electrons. The van der Waals surface area contributed by atoms with Gasteiger partial charge in [0.15, 0.2) is 6.61 Å². The molecule has 7 heteroatoms. The molecule has 0 fully saturated rings. The second-order valence-electron chi connectivity index (χ2n) is 7.85. The van der Waals surface area contributed by atoms with Gasteiger partial charge >= 0.3 is 0 Å². The van der Waals surface area contributed by atoms with Gasteiger partial charge in [0, 0.05) is 5.69 Å². The molecule has 2 N–H and O–H groups in total. The van der Waals surface area contributed by atoms with Gasteiger partial charge in [-0.15, -0.1) is 0 Å². The predicted molar refractivity (Wildman–Crippen MR) is 128 cm³/mol. The van der Waals surface area contributed by atoms with E-state index in [9.17, 15) is 9.90 Å². The number of aliphatic hydroxyl groups excluding tert-OH is 1. The lowest BCUT2D eigenvalue weighted by atomic mass is 10.2. The van der Waals surface area contributed by atoms with Crippen LogP contribution >= 0.6 is 0 Å². The standard InChI is InChI=1S/C26H27N3O4/c1-18-7-3-6-10-25(18)33-17-26(31)28-20-11-13-22(14-12-20)32-16-21(30)15-29-19(2)27-23-8-4-5-9-24(23)29/h3-14,21,30H,15-17H2,1-2H3,(H,28,31). The normalized spacial score (nSPS) is 11.8. The molecular formula is C26H27N3O4. The highest BCUT2D eigenvalue weighted by Gasteiger charge is 2.12. The topological polar surface area (TPSA) is 85.6 Å². The van der Waals surface area contributed by atoms with E-state index < -0.39 is 6.10 Å². The molecule has 0 bridgehead atoms. The summed E-state index contributed by atoms with van der Waals surface area (Å²) in [6, 6.07) is 22.4. The number of hydrogen-bond acceptors (Lipinski definition) is 5. The van der Waals surface area contributed by atoms with Crippen LogP contribution in [0.5, 0.6) is 11.5 Å². The SMILES string of the molecule is Cc1ccccc1OCC(=O)Nc1ccc(OCC(O)Cn2c(C)nc3ccccc32)cc1. The molecule has 3 aromatic carbocycles. The number of fused-ring (bicyclic) bond motifs is 1. The summed E-state index contributed by atoms with van der Waals surface area (Å²) in [7, 11) is 0. The quantitative estimate of drug-likeness (QED) is 0.405. The Labute approximate surface area is 192 Å². The van der Waals surface area contributed by atoms with Gasteiger partial charge in [-0.25, -0.2) is 4.98 Å². The molecule has 170 valence electrons. The Morgan fingerprint density at radius 2 is 1.73 bits per heavy atom. The molecule has 1 unspecified atom stereocenters. The molecule has 4 rings (SSSR count). The van der Waals surface area contributed by atoms with E-state index in [0.717, 1.165) is 22.4 Å². The molecule has 0 aliphatic carbocycles. The van der Waals surface area contributed by atoms with E-state index in [1.807, 2.05) is 66.9 Å². The lowest BCUT2D eigenvalue weighted by molar-refractivity contribution is -0.118. The summed E-state index contributed by atoms with van der Waals surface area (Å²) in [5, 5.41) is 13.3. The number of anilines is 1. The maximum Gasteiger partial charge on any atom is 0.262 e. The van der Waals surface area contributed by atoms with E-state index in [0.29, 0.717) is 23.7 Å². The van der Waals surface area contributed by atoms with Crippen molar-refractivity contribution in [3.8, 4) is 11.5 Å². The zero-order valence-corrected chi connectivity index (χ0v) is 18.7. The number of rotatable bonds is 9. The fourth-order valence-corrected chi connectivity index (χ4v) is 3.58. The molecule has 4 aromatic rings. The summed E-state index contributed by atoms with van der Waals surface area (Å²) in [5.74, 6) is 1.90. The number of benzene rings is 3. The van der Waals surface area contributed by atoms with Gasteiger partial charge in [0.05, 0.1) is 17.6 Å².